The monoisotopic (exact) mass is 255 g/mol. The van der Waals surface area contributed by atoms with Crippen molar-refractivity contribution in [2.24, 2.45) is 0 Å². The first-order chi connectivity index (χ1) is 9.08. The van der Waals surface area contributed by atoms with Crippen LogP contribution in [-0.2, 0) is 6.54 Å². The van der Waals surface area contributed by atoms with Gasteiger partial charge >= 0.3 is 0 Å². The van der Waals surface area contributed by atoms with Gasteiger partial charge in [0.15, 0.2) is 0 Å². The highest BCUT2D eigenvalue weighted by Crippen LogP contribution is 2.13. The molecule has 2 aromatic rings. The number of hydrogen-bond donors (Lipinski definition) is 1. The Bertz CT molecular complexity index is 578. The molecule has 4 heteroatoms. The predicted octanol–water partition coefficient (Wildman–Crippen LogP) is 2.24. The minimum Gasteiger partial charge on any atom is -0.398 e. The summed E-state index contributed by atoms with van der Waals surface area (Å²) in [6, 6.07) is 9.74. The topological polar surface area (TPSA) is 59.2 Å². The summed E-state index contributed by atoms with van der Waals surface area (Å²) < 4.78 is 0. The second kappa shape index (κ2) is 5.52. The summed E-state index contributed by atoms with van der Waals surface area (Å²) in [6.07, 6.45) is 3.08. The van der Waals surface area contributed by atoms with Gasteiger partial charge in [-0.2, -0.15) is 0 Å². The maximum atomic E-state index is 12.2. The van der Waals surface area contributed by atoms with Crippen LogP contribution in [-0.4, -0.2) is 22.8 Å². The van der Waals surface area contributed by atoms with E-state index in [-0.39, 0.29) is 5.91 Å². The average Bonchev–Trinajstić information content (AvgIpc) is 2.41. The Morgan fingerprint density at radius 1 is 1.26 bits per heavy atom. The summed E-state index contributed by atoms with van der Waals surface area (Å²) in [7, 11) is 1.76. The Balaban J connectivity index is 2.12. The normalized spacial score (nSPS) is 10.2. The zero-order valence-electron chi connectivity index (χ0n) is 11.1. The van der Waals surface area contributed by atoms with Crippen molar-refractivity contribution in [2.75, 3.05) is 12.8 Å². The van der Waals surface area contributed by atoms with Crippen molar-refractivity contribution in [3.05, 3.63) is 59.4 Å². The molecular formula is C15H17N3O. The highest BCUT2D eigenvalue weighted by atomic mass is 16.2. The zero-order chi connectivity index (χ0) is 13.8. The van der Waals surface area contributed by atoms with Crippen LogP contribution in [0.3, 0.4) is 0 Å². The molecule has 0 saturated carbocycles. The molecule has 4 nitrogen and oxygen atoms in total. The SMILES string of the molecule is Cc1ccc(CN(C)C(=O)c2cnccc2N)cc1. The van der Waals surface area contributed by atoms with Gasteiger partial charge in [0.2, 0.25) is 0 Å². The van der Waals surface area contributed by atoms with E-state index in [1.54, 1.807) is 24.2 Å². The van der Waals surface area contributed by atoms with Gasteiger partial charge in [-0.25, -0.2) is 0 Å². The van der Waals surface area contributed by atoms with Crippen LogP contribution < -0.4 is 5.73 Å². The Morgan fingerprint density at radius 3 is 2.58 bits per heavy atom. The second-order valence-corrected chi connectivity index (χ2v) is 4.61. The summed E-state index contributed by atoms with van der Waals surface area (Å²) in [6.45, 7) is 2.59. The molecule has 19 heavy (non-hydrogen) atoms. The molecule has 0 aliphatic carbocycles. The van der Waals surface area contributed by atoms with E-state index in [2.05, 4.69) is 4.98 Å². The third kappa shape index (κ3) is 3.10. The van der Waals surface area contributed by atoms with Crippen LogP contribution in [0.1, 0.15) is 21.5 Å². The van der Waals surface area contributed by atoms with Crippen molar-refractivity contribution < 1.29 is 4.79 Å². The van der Waals surface area contributed by atoms with Crippen LogP contribution in [0.25, 0.3) is 0 Å². The van der Waals surface area contributed by atoms with Crippen molar-refractivity contribution in [1.82, 2.24) is 9.88 Å². The number of hydrogen-bond acceptors (Lipinski definition) is 3. The summed E-state index contributed by atoms with van der Waals surface area (Å²) in [5.41, 5.74) is 8.97. The highest BCUT2D eigenvalue weighted by Gasteiger charge is 2.14. The number of nitrogen functional groups attached to an aromatic ring is 1. The lowest BCUT2D eigenvalue weighted by molar-refractivity contribution is 0.0785. The Hall–Kier alpha value is -2.36. The fourth-order valence-corrected chi connectivity index (χ4v) is 1.83. The number of benzene rings is 1. The van der Waals surface area contributed by atoms with E-state index in [4.69, 9.17) is 5.73 Å². The number of nitrogens with zero attached hydrogens (tertiary/aromatic N) is 2. The quantitative estimate of drug-likeness (QED) is 0.915. The van der Waals surface area contributed by atoms with Gasteiger partial charge in [0.1, 0.15) is 0 Å². The Morgan fingerprint density at radius 2 is 1.95 bits per heavy atom. The molecule has 0 fully saturated rings. The largest absolute Gasteiger partial charge is 0.398 e. The van der Waals surface area contributed by atoms with Gasteiger partial charge in [-0.05, 0) is 18.6 Å². The third-order valence-electron chi connectivity index (χ3n) is 2.97. The van der Waals surface area contributed by atoms with E-state index in [9.17, 15) is 4.79 Å². The van der Waals surface area contributed by atoms with Crippen LogP contribution in [0, 0.1) is 6.92 Å². The maximum Gasteiger partial charge on any atom is 0.257 e. The third-order valence-corrected chi connectivity index (χ3v) is 2.97. The molecule has 0 spiro atoms. The molecule has 98 valence electrons. The highest BCUT2D eigenvalue weighted by molar-refractivity contribution is 5.98. The van der Waals surface area contributed by atoms with Gasteiger partial charge in [-0.3, -0.25) is 9.78 Å². The first-order valence-corrected chi connectivity index (χ1v) is 6.08. The van der Waals surface area contributed by atoms with Gasteiger partial charge in [-0.15, -0.1) is 0 Å². The number of nitrogens with two attached hydrogens (primary N) is 1. The predicted molar refractivity (Wildman–Crippen MR) is 75.6 cm³/mol. The molecule has 1 aromatic heterocycles. The van der Waals surface area contributed by atoms with E-state index in [0.29, 0.717) is 17.8 Å². The van der Waals surface area contributed by atoms with Crippen LogP contribution >= 0.6 is 0 Å². The number of aromatic nitrogens is 1. The zero-order valence-corrected chi connectivity index (χ0v) is 11.1. The van der Waals surface area contributed by atoms with Crippen molar-refractivity contribution in [1.29, 1.82) is 0 Å². The Labute approximate surface area is 112 Å². The molecule has 2 N–H and O–H groups in total. The first kappa shape index (κ1) is 13.1. The number of pyridine rings is 1. The summed E-state index contributed by atoms with van der Waals surface area (Å²) in [5, 5.41) is 0. The van der Waals surface area contributed by atoms with Crippen LogP contribution in [0.2, 0.25) is 0 Å². The maximum absolute atomic E-state index is 12.2. The molecule has 1 heterocycles. The minimum absolute atomic E-state index is 0.119. The number of anilines is 1. The van der Waals surface area contributed by atoms with Crippen molar-refractivity contribution >= 4 is 11.6 Å². The molecule has 0 unspecified atom stereocenters. The summed E-state index contributed by atoms with van der Waals surface area (Å²) >= 11 is 0. The fourth-order valence-electron chi connectivity index (χ4n) is 1.83. The van der Waals surface area contributed by atoms with Crippen LogP contribution in [0.5, 0.6) is 0 Å². The van der Waals surface area contributed by atoms with Gasteiger partial charge in [0.05, 0.1) is 5.56 Å². The number of aryl methyl sites for hydroxylation is 1. The first-order valence-electron chi connectivity index (χ1n) is 6.08. The van der Waals surface area contributed by atoms with E-state index in [0.717, 1.165) is 5.56 Å². The molecule has 1 aromatic carbocycles. The van der Waals surface area contributed by atoms with Gasteiger partial charge < -0.3 is 10.6 Å². The van der Waals surface area contributed by atoms with Gasteiger partial charge in [0, 0.05) is 31.7 Å². The average molecular weight is 255 g/mol. The standard InChI is InChI=1S/C15H17N3O/c1-11-3-5-12(6-4-11)10-18(2)15(19)13-9-17-8-7-14(13)16/h3-9H,10H2,1-2H3,(H2,16,17). The second-order valence-electron chi connectivity index (χ2n) is 4.61. The number of carbonyl (C=O) groups is 1. The van der Waals surface area contributed by atoms with E-state index in [1.807, 2.05) is 31.2 Å². The van der Waals surface area contributed by atoms with Crippen molar-refractivity contribution in [2.45, 2.75) is 13.5 Å². The van der Waals surface area contributed by atoms with Crippen molar-refractivity contribution in [3.63, 3.8) is 0 Å². The molecule has 0 aliphatic rings. The summed E-state index contributed by atoms with van der Waals surface area (Å²) in [4.78, 5) is 17.8. The number of rotatable bonds is 3. The van der Waals surface area contributed by atoms with E-state index in [1.165, 1.54) is 11.8 Å². The molecule has 0 aliphatic heterocycles. The molecule has 0 radical (unpaired) electrons. The summed E-state index contributed by atoms with van der Waals surface area (Å²) in [5.74, 6) is -0.119. The van der Waals surface area contributed by atoms with Crippen LogP contribution in [0.4, 0.5) is 5.69 Å². The number of carbonyl (C=O) groups excluding carboxylic acids is 1. The van der Waals surface area contributed by atoms with Gasteiger partial charge in [-0.1, -0.05) is 29.8 Å². The lowest BCUT2D eigenvalue weighted by Gasteiger charge is -2.18. The lowest BCUT2D eigenvalue weighted by atomic mass is 10.1. The molecule has 0 bridgehead atoms. The Kier molecular flexibility index (Phi) is 3.80. The van der Waals surface area contributed by atoms with Crippen molar-refractivity contribution in [3.8, 4) is 0 Å². The number of amides is 1. The molecule has 0 saturated heterocycles. The minimum atomic E-state index is -0.119. The van der Waals surface area contributed by atoms with E-state index >= 15 is 0 Å². The van der Waals surface area contributed by atoms with Gasteiger partial charge in [0.25, 0.3) is 5.91 Å². The van der Waals surface area contributed by atoms with Crippen LogP contribution in [0.15, 0.2) is 42.7 Å². The molecule has 1 amide bonds. The fraction of sp³-hybridized carbons (Fsp3) is 0.200. The lowest BCUT2D eigenvalue weighted by Crippen LogP contribution is -2.27. The molecule has 0 atom stereocenters. The smallest absolute Gasteiger partial charge is 0.257 e. The van der Waals surface area contributed by atoms with E-state index < -0.39 is 0 Å². The molecular weight excluding hydrogens is 238 g/mol. The molecule has 2 rings (SSSR count).